The molecule has 0 spiro atoms. The molecule has 12 nitrogen and oxygen atoms in total. The lowest BCUT2D eigenvalue weighted by Gasteiger charge is -2.28. The highest BCUT2D eigenvalue weighted by atomic mass is 16.5. The van der Waals surface area contributed by atoms with E-state index in [0.717, 1.165) is 30.8 Å². The number of nitrogens with zero attached hydrogens (tertiary/aromatic N) is 8. The van der Waals surface area contributed by atoms with Gasteiger partial charge in [0.2, 0.25) is 5.91 Å². The van der Waals surface area contributed by atoms with E-state index in [9.17, 15) is 4.79 Å². The van der Waals surface area contributed by atoms with Gasteiger partial charge >= 0.3 is 0 Å². The number of anilines is 3. The Morgan fingerprint density at radius 1 is 1.19 bits per heavy atom. The van der Waals surface area contributed by atoms with Gasteiger partial charge in [0, 0.05) is 53.8 Å². The molecule has 5 heterocycles. The maximum atomic E-state index is 12.8. The summed E-state index contributed by atoms with van der Waals surface area (Å²) in [5.41, 5.74) is 3.14. The predicted molar refractivity (Wildman–Crippen MR) is 163 cm³/mol. The van der Waals surface area contributed by atoms with E-state index in [1.54, 1.807) is 48.2 Å². The Bertz CT molecular complexity index is 1910. The molecule has 1 amide bonds. The van der Waals surface area contributed by atoms with Gasteiger partial charge in [0.25, 0.3) is 0 Å². The third kappa shape index (κ3) is 5.41. The molecule has 12 heteroatoms. The highest BCUT2D eigenvalue weighted by Crippen LogP contribution is 2.39. The first-order valence-corrected chi connectivity index (χ1v) is 14.3. The summed E-state index contributed by atoms with van der Waals surface area (Å²) >= 11 is 0. The summed E-state index contributed by atoms with van der Waals surface area (Å²) in [5, 5.41) is 16.9. The highest BCUT2D eigenvalue weighted by molar-refractivity contribution is 6.01. The van der Waals surface area contributed by atoms with Crippen LogP contribution in [0.25, 0.3) is 27.9 Å². The topological polar surface area (TPSA) is 123 Å². The first-order chi connectivity index (χ1) is 22.2. The Labute approximate surface area is 252 Å². The largest absolute Gasteiger partial charge is 0.497 e. The van der Waals surface area contributed by atoms with Gasteiger partial charge in [-0.05, 0) is 48.2 Å². The molecule has 1 aliphatic heterocycles. The second kappa shape index (κ2) is 11.1. The van der Waals surface area contributed by atoms with E-state index in [0.29, 0.717) is 47.3 Å². The molecule has 2 atom stereocenters. The summed E-state index contributed by atoms with van der Waals surface area (Å²) in [7, 11) is 1.57. The molecule has 4 aromatic heterocycles. The Hall–Kier alpha value is -4.84. The second-order valence-corrected chi connectivity index (χ2v) is 11.0. The van der Waals surface area contributed by atoms with Crippen molar-refractivity contribution in [1.82, 2.24) is 29.8 Å². The minimum atomic E-state index is -2.56. The third-order valence-corrected chi connectivity index (χ3v) is 8.00. The number of aromatic nitrogens is 6. The van der Waals surface area contributed by atoms with Crippen molar-refractivity contribution in [2.75, 3.05) is 55.5 Å². The average Bonchev–Trinajstić information content (AvgIpc) is 3.65. The zero-order valence-corrected chi connectivity index (χ0v) is 23.9. The van der Waals surface area contributed by atoms with Gasteiger partial charge in [0.05, 0.1) is 32.2 Å². The van der Waals surface area contributed by atoms with Crippen molar-refractivity contribution in [2.24, 2.45) is 11.8 Å². The number of benzene rings is 1. The minimum absolute atomic E-state index is 0.0264. The maximum absolute atomic E-state index is 12.8. The van der Waals surface area contributed by atoms with E-state index in [2.05, 4.69) is 25.4 Å². The molecule has 2 fully saturated rings. The van der Waals surface area contributed by atoms with Gasteiger partial charge in [0.15, 0.2) is 23.1 Å². The van der Waals surface area contributed by atoms with Crippen LogP contribution in [0.5, 0.6) is 5.75 Å². The van der Waals surface area contributed by atoms with Crippen molar-refractivity contribution < 1.29 is 18.4 Å². The number of nitrogens with one attached hydrogen (secondary N) is 1. The molecule has 5 aromatic rings. The Kier molecular flexibility index (Phi) is 6.12. The standard InChI is InChI=1S/C31H33N9O3/c1-19-14-23(19)31(41)33-26-15-24-25(29-34-27-9-6-21(18-40(27)37-29)39-10-12-43-13-11-39)16-32-30(28(24)36-35-26)38(2)17-20-4-7-22(42-3)8-5-20/h4-9,15-16,18-19,23H,10-14,17H2,1-3H3,(H,33,35,41)/t19-,23+/m1/s1/i2D3. The summed E-state index contributed by atoms with van der Waals surface area (Å²) in [6.07, 6.45) is 4.30. The number of pyridine rings is 2. The summed E-state index contributed by atoms with van der Waals surface area (Å²) < 4.78 is 37.6. The molecule has 1 aromatic carbocycles. The molecule has 1 saturated carbocycles. The first-order valence-electron chi connectivity index (χ1n) is 15.8. The van der Waals surface area contributed by atoms with Crippen LogP contribution in [0, 0.1) is 11.8 Å². The number of amides is 1. The van der Waals surface area contributed by atoms with Crippen molar-refractivity contribution in [1.29, 1.82) is 0 Å². The smallest absolute Gasteiger partial charge is 0.228 e. The van der Waals surface area contributed by atoms with E-state index in [1.165, 1.54) is 4.90 Å². The van der Waals surface area contributed by atoms with Crippen LogP contribution in [-0.4, -0.2) is 76.1 Å². The fraction of sp³-hybridized carbons (Fsp3) is 0.355. The lowest BCUT2D eigenvalue weighted by atomic mass is 10.1. The summed E-state index contributed by atoms with van der Waals surface area (Å²) in [4.78, 5) is 25.6. The molecule has 43 heavy (non-hydrogen) atoms. The van der Waals surface area contributed by atoms with Gasteiger partial charge in [-0.2, -0.15) is 0 Å². The number of hydrogen-bond donors (Lipinski definition) is 1. The van der Waals surface area contributed by atoms with Crippen molar-refractivity contribution in [3.05, 3.63) is 60.4 Å². The quantitative estimate of drug-likeness (QED) is 0.289. The van der Waals surface area contributed by atoms with Gasteiger partial charge < -0.3 is 24.6 Å². The van der Waals surface area contributed by atoms with Crippen LogP contribution >= 0.6 is 0 Å². The molecular weight excluding hydrogens is 546 g/mol. The van der Waals surface area contributed by atoms with Crippen LogP contribution in [0.1, 0.15) is 23.0 Å². The number of carbonyl (C=O) groups is 1. The number of morpholine rings is 1. The van der Waals surface area contributed by atoms with Crippen molar-refractivity contribution in [3.8, 4) is 17.1 Å². The molecule has 2 aliphatic rings. The fourth-order valence-electron chi connectivity index (χ4n) is 5.35. The lowest BCUT2D eigenvalue weighted by Crippen LogP contribution is -2.36. The number of carbonyl (C=O) groups excluding carboxylic acids is 1. The third-order valence-electron chi connectivity index (χ3n) is 8.00. The van der Waals surface area contributed by atoms with Crippen LogP contribution in [0.4, 0.5) is 17.3 Å². The summed E-state index contributed by atoms with van der Waals surface area (Å²) in [6, 6.07) is 12.7. The van der Waals surface area contributed by atoms with E-state index < -0.39 is 6.98 Å². The predicted octanol–water partition coefficient (Wildman–Crippen LogP) is 3.81. The van der Waals surface area contributed by atoms with Crippen molar-refractivity contribution >= 4 is 39.8 Å². The Balaban J connectivity index is 1.32. The first kappa shape index (κ1) is 23.7. The number of rotatable bonds is 8. The van der Waals surface area contributed by atoms with Crippen LogP contribution in [0.15, 0.2) is 54.9 Å². The van der Waals surface area contributed by atoms with Crippen molar-refractivity contribution in [2.45, 2.75) is 19.9 Å². The molecule has 1 N–H and O–H groups in total. The van der Waals surface area contributed by atoms with Gasteiger partial charge in [-0.15, -0.1) is 15.3 Å². The molecule has 1 aliphatic carbocycles. The number of ether oxygens (including phenoxy) is 2. The fourth-order valence-corrected chi connectivity index (χ4v) is 5.35. The normalized spacial score (nSPS) is 19.5. The van der Waals surface area contributed by atoms with E-state index in [1.807, 2.05) is 25.3 Å². The molecule has 0 radical (unpaired) electrons. The Morgan fingerprint density at radius 3 is 2.74 bits per heavy atom. The highest BCUT2D eigenvalue weighted by Gasteiger charge is 2.39. The second-order valence-electron chi connectivity index (χ2n) is 11.0. The Morgan fingerprint density at radius 2 is 2.00 bits per heavy atom. The number of fused-ring (bicyclic) bond motifs is 2. The number of methoxy groups -OCH3 is 1. The van der Waals surface area contributed by atoms with Gasteiger partial charge in [-0.3, -0.25) is 4.79 Å². The average molecular weight is 583 g/mol. The maximum Gasteiger partial charge on any atom is 0.228 e. The molecule has 220 valence electrons. The van der Waals surface area contributed by atoms with E-state index in [4.69, 9.17) is 23.7 Å². The van der Waals surface area contributed by atoms with Crippen molar-refractivity contribution in [3.63, 3.8) is 0 Å². The van der Waals surface area contributed by atoms with E-state index in [-0.39, 0.29) is 35.5 Å². The van der Waals surface area contributed by atoms with Crippen LogP contribution in [-0.2, 0) is 16.1 Å². The lowest BCUT2D eigenvalue weighted by molar-refractivity contribution is -0.117. The SMILES string of the molecule is [2H]C([2H])([2H])N(Cc1ccc(OC)cc1)c1ncc(-c2nc3ccc(N4CCOCC4)cn3n2)c2cc(NC(=O)[C@H]3C[C@H]3C)nnc12. The zero-order chi connectivity index (χ0) is 32.0. The van der Waals surface area contributed by atoms with E-state index >= 15 is 0 Å². The molecule has 7 rings (SSSR count). The van der Waals surface area contributed by atoms with Gasteiger partial charge in [-0.25, -0.2) is 14.5 Å². The molecule has 0 unspecified atom stereocenters. The van der Waals surface area contributed by atoms with Crippen LogP contribution in [0.3, 0.4) is 0 Å². The summed E-state index contributed by atoms with van der Waals surface area (Å²) in [6.45, 7) is 2.39. The minimum Gasteiger partial charge on any atom is -0.497 e. The zero-order valence-electron chi connectivity index (χ0n) is 26.9. The molecule has 0 bridgehead atoms. The van der Waals surface area contributed by atoms with Crippen LogP contribution in [0.2, 0.25) is 0 Å². The van der Waals surface area contributed by atoms with Gasteiger partial charge in [0.1, 0.15) is 11.3 Å². The van der Waals surface area contributed by atoms with Crippen LogP contribution < -0.4 is 19.9 Å². The van der Waals surface area contributed by atoms with Gasteiger partial charge in [-0.1, -0.05) is 19.1 Å². The molecule has 1 saturated heterocycles. The summed E-state index contributed by atoms with van der Waals surface area (Å²) in [5.74, 6) is 1.53. The molecular formula is C31H33N9O3. The monoisotopic (exact) mass is 582 g/mol. The number of hydrogen-bond acceptors (Lipinski definition) is 10.